The first-order valence-corrected chi connectivity index (χ1v) is 9.35. The van der Waals surface area contributed by atoms with E-state index in [1.165, 1.54) is 5.56 Å². The highest BCUT2D eigenvalue weighted by molar-refractivity contribution is 6.32. The van der Waals surface area contributed by atoms with Gasteiger partial charge >= 0.3 is 0 Å². The normalized spacial score (nSPS) is 10.8. The standard InChI is InChI=1S/C21H28ClNO3/c1-4-25-11-7-10-23-14-17-12-19(22)21(20(13-17)24-3)26-15-18-9-6-5-8-16(18)2/h5-6,8-9,12-13,23H,4,7,10-11,14-15H2,1-3H3. The van der Waals surface area contributed by atoms with Crippen LogP contribution in [0.25, 0.3) is 0 Å². The molecule has 0 aliphatic heterocycles. The molecule has 2 aromatic rings. The van der Waals surface area contributed by atoms with Crippen molar-refractivity contribution in [3.05, 3.63) is 58.1 Å². The SMILES string of the molecule is CCOCCCNCc1cc(Cl)c(OCc2ccccc2C)c(OC)c1. The van der Waals surface area contributed by atoms with Crippen LogP contribution in [0.2, 0.25) is 5.02 Å². The molecule has 0 fully saturated rings. The molecule has 0 atom stereocenters. The van der Waals surface area contributed by atoms with Crippen LogP contribution in [0.4, 0.5) is 0 Å². The number of ether oxygens (including phenoxy) is 3. The zero-order valence-electron chi connectivity index (χ0n) is 15.8. The van der Waals surface area contributed by atoms with E-state index in [9.17, 15) is 0 Å². The Hall–Kier alpha value is -1.75. The van der Waals surface area contributed by atoms with E-state index in [4.69, 9.17) is 25.8 Å². The Labute approximate surface area is 161 Å². The Morgan fingerprint density at radius 1 is 1.15 bits per heavy atom. The van der Waals surface area contributed by atoms with Gasteiger partial charge in [0.05, 0.1) is 12.1 Å². The van der Waals surface area contributed by atoms with Crippen molar-refractivity contribution in [1.82, 2.24) is 5.32 Å². The Kier molecular flexibility index (Phi) is 8.75. The summed E-state index contributed by atoms with van der Waals surface area (Å²) in [6, 6.07) is 12.0. The fourth-order valence-electron chi connectivity index (χ4n) is 2.61. The zero-order chi connectivity index (χ0) is 18.8. The molecule has 1 N–H and O–H groups in total. The van der Waals surface area contributed by atoms with Gasteiger partial charge in [-0.3, -0.25) is 0 Å². The van der Waals surface area contributed by atoms with Gasteiger partial charge in [0.2, 0.25) is 0 Å². The van der Waals surface area contributed by atoms with Gasteiger partial charge in [-0.2, -0.15) is 0 Å². The number of hydrogen-bond acceptors (Lipinski definition) is 4. The number of methoxy groups -OCH3 is 1. The number of halogens is 1. The minimum Gasteiger partial charge on any atom is -0.493 e. The summed E-state index contributed by atoms with van der Waals surface area (Å²) in [5, 5.41) is 3.95. The topological polar surface area (TPSA) is 39.7 Å². The quantitative estimate of drug-likeness (QED) is 0.573. The summed E-state index contributed by atoms with van der Waals surface area (Å²) >= 11 is 6.45. The average Bonchev–Trinajstić information content (AvgIpc) is 2.64. The molecular weight excluding hydrogens is 350 g/mol. The lowest BCUT2D eigenvalue weighted by molar-refractivity contribution is 0.144. The van der Waals surface area contributed by atoms with Crippen LogP contribution in [-0.4, -0.2) is 26.9 Å². The Morgan fingerprint density at radius 3 is 2.69 bits per heavy atom. The third-order valence-electron chi connectivity index (χ3n) is 4.10. The predicted molar refractivity (Wildman–Crippen MR) is 106 cm³/mol. The molecule has 2 rings (SSSR count). The minimum atomic E-state index is 0.456. The first-order valence-electron chi connectivity index (χ1n) is 8.97. The van der Waals surface area contributed by atoms with Gasteiger partial charge in [-0.1, -0.05) is 35.9 Å². The number of rotatable bonds is 11. The Bertz CT molecular complexity index is 691. The summed E-state index contributed by atoms with van der Waals surface area (Å²) in [4.78, 5) is 0. The average molecular weight is 378 g/mol. The van der Waals surface area contributed by atoms with Crippen molar-refractivity contribution in [3.63, 3.8) is 0 Å². The van der Waals surface area contributed by atoms with E-state index in [-0.39, 0.29) is 0 Å². The summed E-state index contributed by atoms with van der Waals surface area (Å²) in [7, 11) is 1.63. The maximum absolute atomic E-state index is 6.45. The van der Waals surface area contributed by atoms with Crippen LogP contribution in [0.15, 0.2) is 36.4 Å². The minimum absolute atomic E-state index is 0.456. The number of nitrogens with one attached hydrogen (secondary N) is 1. The summed E-state index contributed by atoms with van der Waals surface area (Å²) in [5.74, 6) is 1.23. The maximum atomic E-state index is 6.45. The Balaban J connectivity index is 1.96. The van der Waals surface area contributed by atoms with Gasteiger partial charge in [0.25, 0.3) is 0 Å². The van der Waals surface area contributed by atoms with Crippen LogP contribution in [0.1, 0.15) is 30.0 Å². The molecule has 0 spiro atoms. The summed E-state index contributed by atoms with van der Waals surface area (Å²) < 4.78 is 16.8. The highest BCUT2D eigenvalue weighted by Crippen LogP contribution is 2.37. The van der Waals surface area contributed by atoms with Crippen LogP contribution in [0.5, 0.6) is 11.5 Å². The van der Waals surface area contributed by atoms with Crippen LogP contribution in [0, 0.1) is 6.92 Å². The maximum Gasteiger partial charge on any atom is 0.180 e. The lowest BCUT2D eigenvalue weighted by Crippen LogP contribution is -2.16. The van der Waals surface area contributed by atoms with Crippen molar-refractivity contribution in [2.75, 3.05) is 26.9 Å². The molecule has 0 radical (unpaired) electrons. The molecule has 0 heterocycles. The number of benzene rings is 2. The lowest BCUT2D eigenvalue weighted by Gasteiger charge is -2.15. The summed E-state index contributed by atoms with van der Waals surface area (Å²) in [6.45, 7) is 7.68. The second-order valence-electron chi connectivity index (χ2n) is 6.05. The van der Waals surface area contributed by atoms with Gasteiger partial charge in [-0.25, -0.2) is 0 Å². The lowest BCUT2D eigenvalue weighted by atomic mass is 10.1. The first kappa shape index (κ1) is 20.6. The molecule has 0 aromatic heterocycles. The van der Waals surface area contributed by atoms with Crippen LogP contribution in [0.3, 0.4) is 0 Å². The third kappa shape index (κ3) is 6.20. The number of aryl methyl sites for hydroxylation is 1. The fraction of sp³-hybridized carbons (Fsp3) is 0.429. The van der Waals surface area contributed by atoms with Crippen molar-refractivity contribution < 1.29 is 14.2 Å². The number of hydrogen-bond donors (Lipinski definition) is 1. The van der Waals surface area contributed by atoms with Gasteiger partial charge in [0.1, 0.15) is 6.61 Å². The van der Waals surface area contributed by atoms with Crippen LogP contribution < -0.4 is 14.8 Å². The van der Waals surface area contributed by atoms with Crippen molar-refractivity contribution in [2.24, 2.45) is 0 Å². The molecule has 0 unspecified atom stereocenters. The van der Waals surface area contributed by atoms with E-state index in [0.29, 0.717) is 23.1 Å². The van der Waals surface area contributed by atoms with Crippen molar-refractivity contribution in [2.45, 2.75) is 33.4 Å². The zero-order valence-corrected chi connectivity index (χ0v) is 16.6. The molecule has 5 heteroatoms. The molecule has 0 bridgehead atoms. The molecule has 0 aliphatic carbocycles. The van der Waals surface area contributed by atoms with E-state index in [1.54, 1.807) is 7.11 Å². The monoisotopic (exact) mass is 377 g/mol. The van der Waals surface area contributed by atoms with Gasteiger partial charge in [-0.15, -0.1) is 0 Å². The van der Waals surface area contributed by atoms with E-state index in [1.807, 2.05) is 31.2 Å². The summed E-state index contributed by atoms with van der Waals surface area (Å²) in [5.41, 5.74) is 3.38. The molecule has 2 aromatic carbocycles. The molecule has 0 saturated heterocycles. The highest BCUT2D eigenvalue weighted by atomic mass is 35.5. The molecule has 0 aliphatic rings. The highest BCUT2D eigenvalue weighted by Gasteiger charge is 2.13. The molecule has 0 amide bonds. The van der Waals surface area contributed by atoms with Crippen molar-refractivity contribution >= 4 is 11.6 Å². The van der Waals surface area contributed by atoms with Gasteiger partial charge in [0.15, 0.2) is 11.5 Å². The first-order chi connectivity index (χ1) is 12.7. The van der Waals surface area contributed by atoms with E-state index in [0.717, 1.165) is 43.9 Å². The molecule has 26 heavy (non-hydrogen) atoms. The van der Waals surface area contributed by atoms with Crippen molar-refractivity contribution in [3.8, 4) is 11.5 Å². The second kappa shape index (κ2) is 11.1. The Morgan fingerprint density at radius 2 is 1.96 bits per heavy atom. The van der Waals surface area contributed by atoms with Gasteiger partial charge in [0, 0.05) is 19.8 Å². The van der Waals surface area contributed by atoms with Gasteiger partial charge in [-0.05, 0) is 55.6 Å². The molecule has 4 nitrogen and oxygen atoms in total. The third-order valence-corrected chi connectivity index (χ3v) is 4.38. The van der Waals surface area contributed by atoms with E-state index in [2.05, 4.69) is 24.4 Å². The summed E-state index contributed by atoms with van der Waals surface area (Å²) in [6.07, 6.45) is 0.982. The van der Waals surface area contributed by atoms with Crippen LogP contribution >= 0.6 is 11.6 Å². The van der Waals surface area contributed by atoms with Gasteiger partial charge < -0.3 is 19.5 Å². The fourth-order valence-corrected chi connectivity index (χ4v) is 2.90. The molecular formula is C21H28ClNO3. The van der Waals surface area contributed by atoms with E-state index < -0.39 is 0 Å². The second-order valence-corrected chi connectivity index (χ2v) is 6.46. The smallest absolute Gasteiger partial charge is 0.180 e. The molecule has 142 valence electrons. The van der Waals surface area contributed by atoms with Crippen molar-refractivity contribution in [1.29, 1.82) is 0 Å². The largest absolute Gasteiger partial charge is 0.493 e. The molecule has 0 saturated carbocycles. The van der Waals surface area contributed by atoms with E-state index >= 15 is 0 Å². The van der Waals surface area contributed by atoms with Crippen LogP contribution in [-0.2, 0) is 17.9 Å². The predicted octanol–water partition coefficient (Wildman–Crippen LogP) is 4.75.